The molecule has 1 atom stereocenters. The van der Waals surface area contributed by atoms with Crippen molar-refractivity contribution in [3.8, 4) is 0 Å². The third-order valence-electron chi connectivity index (χ3n) is 5.45. The Hall–Kier alpha value is -1.67. The monoisotopic (exact) mass is 442 g/mol. The SMILES string of the molecule is Cc1ccc(CN(C)Cc2nnc(SCc3ccccc3C)n2CC2CCCO2)s1. The van der Waals surface area contributed by atoms with E-state index in [-0.39, 0.29) is 6.10 Å². The highest BCUT2D eigenvalue weighted by Crippen LogP contribution is 2.26. The Morgan fingerprint density at radius 2 is 2.03 bits per heavy atom. The predicted molar refractivity (Wildman–Crippen MR) is 124 cm³/mol. The molecule has 3 heterocycles. The Balaban J connectivity index is 1.48. The molecule has 0 bridgehead atoms. The topological polar surface area (TPSA) is 43.2 Å². The summed E-state index contributed by atoms with van der Waals surface area (Å²) >= 11 is 3.63. The van der Waals surface area contributed by atoms with Gasteiger partial charge in [-0.2, -0.15) is 0 Å². The molecule has 4 rings (SSSR count). The summed E-state index contributed by atoms with van der Waals surface area (Å²) in [5.74, 6) is 1.93. The van der Waals surface area contributed by atoms with Gasteiger partial charge in [-0.3, -0.25) is 4.90 Å². The standard InChI is InChI=1S/C23H30N4OS2/c1-17-7-4-5-8-19(17)16-29-23-25-24-22(27(23)13-20-9-6-12-28-20)15-26(3)14-21-11-10-18(2)30-21/h4-5,7-8,10-11,20H,6,9,12-16H2,1-3H3. The summed E-state index contributed by atoms with van der Waals surface area (Å²) in [5.41, 5.74) is 2.67. The lowest BCUT2D eigenvalue weighted by molar-refractivity contribution is 0.0934. The van der Waals surface area contributed by atoms with Crippen LogP contribution in [0, 0.1) is 13.8 Å². The maximum Gasteiger partial charge on any atom is 0.191 e. The van der Waals surface area contributed by atoms with Gasteiger partial charge in [-0.15, -0.1) is 21.5 Å². The van der Waals surface area contributed by atoms with Crippen molar-refractivity contribution in [2.45, 2.75) is 63.3 Å². The molecule has 1 unspecified atom stereocenters. The Bertz CT molecular complexity index is 962. The maximum atomic E-state index is 5.92. The van der Waals surface area contributed by atoms with E-state index in [4.69, 9.17) is 4.74 Å². The van der Waals surface area contributed by atoms with Crippen molar-refractivity contribution in [1.29, 1.82) is 0 Å². The van der Waals surface area contributed by atoms with Gasteiger partial charge < -0.3 is 9.30 Å². The number of benzene rings is 1. The Labute approximate surface area is 187 Å². The van der Waals surface area contributed by atoms with Gasteiger partial charge in [0.1, 0.15) is 5.82 Å². The molecule has 160 valence electrons. The first kappa shape index (κ1) is 21.6. The third kappa shape index (κ3) is 5.52. The molecule has 3 aromatic rings. The van der Waals surface area contributed by atoms with Crippen molar-refractivity contribution in [3.63, 3.8) is 0 Å². The number of thioether (sulfide) groups is 1. The average Bonchev–Trinajstić information content (AvgIpc) is 3.46. The summed E-state index contributed by atoms with van der Waals surface area (Å²) in [5, 5.41) is 10.1. The second-order valence-corrected chi connectivity index (χ2v) is 10.4. The van der Waals surface area contributed by atoms with E-state index in [1.54, 1.807) is 11.8 Å². The lowest BCUT2D eigenvalue weighted by Crippen LogP contribution is -2.23. The van der Waals surface area contributed by atoms with Crippen LogP contribution in [-0.4, -0.2) is 39.4 Å². The first-order valence-corrected chi connectivity index (χ1v) is 12.3. The summed E-state index contributed by atoms with van der Waals surface area (Å²) in [6.07, 6.45) is 2.53. The Kier molecular flexibility index (Phi) is 7.25. The highest BCUT2D eigenvalue weighted by atomic mass is 32.2. The number of rotatable bonds is 9. The molecule has 0 saturated carbocycles. The Morgan fingerprint density at radius 3 is 2.77 bits per heavy atom. The number of aryl methyl sites for hydroxylation is 2. The minimum atomic E-state index is 0.266. The molecule has 30 heavy (non-hydrogen) atoms. The van der Waals surface area contributed by atoms with Gasteiger partial charge in [-0.05, 0) is 57.0 Å². The van der Waals surface area contributed by atoms with Gasteiger partial charge in [0.2, 0.25) is 0 Å². The van der Waals surface area contributed by atoms with Crippen LogP contribution in [0.2, 0.25) is 0 Å². The maximum absolute atomic E-state index is 5.92. The Morgan fingerprint density at radius 1 is 1.17 bits per heavy atom. The first-order chi connectivity index (χ1) is 14.6. The molecule has 0 aliphatic carbocycles. The lowest BCUT2D eigenvalue weighted by Gasteiger charge is -2.18. The molecule has 7 heteroatoms. The zero-order valence-corrected chi connectivity index (χ0v) is 19.6. The predicted octanol–water partition coefficient (Wildman–Crippen LogP) is 5.06. The first-order valence-electron chi connectivity index (χ1n) is 10.5. The molecular formula is C23H30N4OS2. The van der Waals surface area contributed by atoms with Crippen molar-refractivity contribution < 1.29 is 4.74 Å². The van der Waals surface area contributed by atoms with Crippen LogP contribution >= 0.6 is 23.1 Å². The molecule has 1 aliphatic rings. The van der Waals surface area contributed by atoms with Crippen LogP contribution in [0.1, 0.15) is 39.5 Å². The van der Waals surface area contributed by atoms with E-state index in [0.29, 0.717) is 0 Å². The number of hydrogen-bond donors (Lipinski definition) is 0. The molecule has 1 saturated heterocycles. The van der Waals surface area contributed by atoms with Crippen molar-refractivity contribution >= 4 is 23.1 Å². The van der Waals surface area contributed by atoms with Crippen LogP contribution in [0.15, 0.2) is 41.6 Å². The van der Waals surface area contributed by atoms with Crippen molar-refractivity contribution in [3.05, 3.63) is 63.1 Å². The highest BCUT2D eigenvalue weighted by Gasteiger charge is 2.22. The zero-order chi connectivity index (χ0) is 20.9. The highest BCUT2D eigenvalue weighted by molar-refractivity contribution is 7.98. The van der Waals surface area contributed by atoms with E-state index in [1.807, 2.05) is 11.3 Å². The van der Waals surface area contributed by atoms with Crippen LogP contribution in [0.3, 0.4) is 0 Å². The number of ether oxygens (including phenoxy) is 1. The van der Waals surface area contributed by atoms with Gasteiger partial charge >= 0.3 is 0 Å². The molecule has 0 amide bonds. The molecule has 0 N–H and O–H groups in total. The van der Waals surface area contributed by atoms with Crippen molar-refractivity contribution in [2.24, 2.45) is 0 Å². The van der Waals surface area contributed by atoms with Crippen molar-refractivity contribution in [1.82, 2.24) is 19.7 Å². The smallest absolute Gasteiger partial charge is 0.191 e. The van der Waals surface area contributed by atoms with E-state index in [1.165, 1.54) is 20.9 Å². The minimum Gasteiger partial charge on any atom is -0.376 e. The van der Waals surface area contributed by atoms with E-state index < -0.39 is 0 Å². The van der Waals surface area contributed by atoms with E-state index >= 15 is 0 Å². The van der Waals surface area contributed by atoms with Gasteiger partial charge in [0.05, 0.1) is 19.2 Å². The normalized spacial score (nSPS) is 16.6. The summed E-state index contributed by atoms with van der Waals surface area (Å²) in [7, 11) is 2.15. The second kappa shape index (κ2) is 10.1. The molecule has 5 nitrogen and oxygen atoms in total. The molecule has 2 aromatic heterocycles. The van der Waals surface area contributed by atoms with Crippen LogP contribution in [-0.2, 0) is 30.1 Å². The minimum absolute atomic E-state index is 0.266. The van der Waals surface area contributed by atoms with Gasteiger partial charge in [0, 0.05) is 28.7 Å². The van der Waals surface area contributed by atoms with Gasteiger partial charge in [-0.25, -0.2) is 0 Å². The molecule has 1 aliphatic heterocycles. The van der Waals surface area contributed by atoms with Crippen molar-refractivity contribution in [2.75, 3.05) is 13.7 Å². The van der Waals surface area contributed by atoms with E-state index in [0.717, 1.165) is 55.8 Å². The second-order valence-electron chi connectivity index (χ2n) is 8.04. The molecule has 0 radical (unpaired) electrons. The molecule has 1 aromatic carbocycles. The van der Waals surface area contributed by atoms with Crippen LogP contribution in [0.25, 0.3) is 0 Å². The third-order valence-corrected chi connectivity index (χ3v) is 7.46. The van der Waals surface area contributed by atoms with Crippen LogP contribution < -0.4 is 0 Å². The summed E-state index contributed by atoms with van der Waals surface area (Å²) in [6.45, 7) is 7.73. The average molecular weight is 443 g/mol. The zero-order valence-electron chi connectivity index (χ0n) is 18.0. The lowest BCUT2D eigenvalue weighted by atomic mass is 10.1. The largest absolute Gasteiger partial charge is 0.376 e. The van der Waals surface area contributed by atoms with Crippen LogP contribution in [0.4, 0.5) is 0 Å². The summed E-state index contributed by atoms with van der Waals surface area (Å²) in [4.78, 5) is 5.06. The summed E-state index contributed by atoms with van der Waals surface area (Å²) in [6, 6.07) is 13.0. The van der Waals surface area contributed by atoms with E-state index in [2.05, 4.69) is 77.0 Å². The molecule has 1 fully saturated rings. The van der Waals surface area contributed by atoms with Gasteiger partial charge in [-0.1, -0.05) is 36.0 Å². The van der Waals surface area contributed by atoms with Gasteiger partial charge in [0.25, 0.3) is 0 Å². The number of hydrogen-bond acceptors (Lipinski definition) is 6. The fourth-order valence-electron chi connectivity index (χ4n) is 3.77. The van der Waals surface area contributed by atoms with E-state index in [9.17, 15) is 0 Å². The molecule has 0 spiro atoms. The number of thiophene rings is 1. The number of aromatic nitrogens is 3. The van der Waals surface area contributed by atoms with Crippen LogP contribution in [0.5, 0.6) is 0 Å². The molecular weight excluding hydrogens is 412 g/mol. The number of nitrogens with zero attached hydrogens (tertiary/aromatic N) is 4. The fraction of sp³-hybridized carbons (Fsp3) is 0.478. The fourth-order valence-corrected chi connectivity index (χ4v) is 5.78. The van der Waals surface area contributed by atoms with Gasteiger partial charge in [0.15, 0.2) is 5.16 Å². The quantitative estimate of drug-likeness (QED) is 0.433. The summed E-state index contributed by atoms with van der Waals surface area (Å²) < 4.78 is 8.21.